The molecule has 1 rings (SSSR count). The fraction of sp³-hybridized carbons (Fsp3) is 0.700. The van der Waals surface area contributed by atoms with Crippen LogP contribution in [0.25, 0.3) is 0 Å². The van der Waals surface area contributed by atoms with Crippen LogP contribution in [0, 0.1) is 10.1 Å². The van der Waals surface area contributed by atoms with Crippen molar-refractivity contribution in [3.63, 3.8) is 0 Å². The van der Waals surface area contributed by atoms with Crippen molar-refractivity contribution in [1.82, 2.24) is 0 Å². The van der Waals surface area contributed by atoms with Crippen molar-refractivity contribution in [2.75, 3.05) is 6.16 Å². The highest BCUT2D eigenvalue weighted by molar-refractivity contribution is 7.58. The Morgan fingerprint density at radius 3 is 1.48 bits per heavy atom. The molecular formula is C20H35NO8P2. The molecule has 0 aliphatic carbocycles. The second-order valence-electron chi connectivity index (χ2n) is 8.31. The minimum absolute atomic E-state index is 0.119. The van der Waals surface area contributed by atoms with Gasteiger partial charge in [-0.3, -0.25) is 19.2 Å². The van der Waals surface area contributed by atoms with E-state index in [1.807, 2.05) is 0 Å². The first kappa shape index (κ1) is 28.0. The SMILES string of the molecule is CC(C)OP(=O)(CC(c1ccc([N+](=O)[O-])cc1)P(=O)(OC(C)C)OC(C)C)OC(C)C. The highest BCUT2D eigenvalue weighted by atomic mass is 31.2. The van der Waals surface area contributed by atoms with E-state index in [4.69, 9.17) is 18.1 Å². The molecule has 0 radical (unpaired) electrons. The molecule has 0 saturated carbocycles. The minimum atomic E-state index is -3.89. The zero-order valence-electron chi connectivity index (χ0n) is 19.5. The maximum absolute atomic E-state index is 14.0. The van der Waals surface area contributed by atoms with Crippen LogP contribution in [0.5, 0.6) is 0 Å². The highest BCUT2D eigenvalue weighted by Crippen LogP contribution is 2.68. The molecule has 0 spiro atoms. The summed E-state index contributed by atoms with van der Waals surface area (Å²) in [5, 5.41) is 11.1. The van der Waals surface area contributed by atoms with Crippen molar-refractivity contribution in [1.29, 1.82) is 0 Å². The number of non-ortho nitro benzene ring substituents is 1. The van der Waals surface area contributed by atoms with Gasteiger partial charge in [0.15, 0.2) is 0 Å². The van der Waals surface area contributed by atoms with Gasteiger partial charge in [0.25, 0.3) is 5.69 Å². The van der Waals surface area contributed by atoms with Gasteiger partial charge >= 0.3 is 15.2 Å². The molecule has 31 heavy (non-hydrogen) atoms. The molecule has 0 aromatic heterocycles. The summed E-state index contributed by atoms with van der Waals surface area (Å²) >= 11 is 0. The molecule has 0 bridgehead atoms. The van der Waals surface area contributed by atoms with Crippen LogP contribution in [0.4, 0.5) is 5.69 Å². The molecule has 0 fully saturated rings. The van der Waals surface area contributed by atoms with Gasteiger partial charge in [-0.05, 0) is 61.0 Å². The maximum atomic E-state index is 14.0. The Morgan fingerprint density at radius 2 is 1.16 bits per heavy atom. The van der Waals surface area contributed by atoms with Crippen LogP contribution in [0.1, 0.15) is 66.6 Å². The third-order valence-corrected chi connectivity index (χ3v) is 8.99. The van der Waals surface area contributed by atoms with Crippen molar-refractivity contribution in [3.8, 4) is 0 Å². The lowest BCUT2D eigenvalue weighted by atomic mass is 10.1. The van der Waals surface area contributed by atoms with Gasteiger partial charge in [-0.1, -0.05) is 12.1 Å². The van der Waals surface area contributed by atoms with Gasteiger partial charge in [-0.25, -0.2) is 0 Å². The first-order valence-corrected chi connectivity index (χ1v) is 13.7. The van der Waals surface area contributed by atoms with Crippen LogP contribution in [-0.2, 0) is 27.2 Å². The average Bonchev–Trinajstić information content (AvgIpc) is 2.56. The number of hydrogen-bond acceptors (Lipinski definition) is 8. The summed E-state index contributed by atoms with van der Waals surface area (Å²) in [4.78, 5) is 10.5. The summed E-state index contributed by atoms with van der Waals surface area (Å²) in [7, 11) is -7.62. The number of nitro benzene ring substituents is 1. The monoisotopic (exact) mass is 479 g/mol. The molecule has 11 heteroatoms. The average molecular weight is 479 g/mol. The lowest BCUT2D eigenvalue weighted by Crippen LogP contribution is -2.19. The van der Waals surface area contributed by atoms with E-state index >= 15 is 0 Å². The zero-order valence-corrected chi connectivity index (χ0v) is 21.3. The molecular weight excluding hydrogens is 444 g/mol. The second-order valence-corrected chi connectivity index (χ2v) is 12.4. The summed E-state index contributed by atoms with van der Waals surface area (Å²) < 4.78 is 50.5. The molecule has 178 valence electrons. The van der Waals surface area contributed by atoms with E-state index in [9.17, 15) is 19.2 Å². The van der Waals surface area contributed by atoms with Crippen LogP contribution < -0.4 is 0 Å². The number of hydrogen-bond donors (Lipinski definition) is 0. The number of nitro groups is 1. The van der Waals surface area contributed by atoms with Crippen LogP contribution in [0.2, 0.25) is 0 Å². The lowest BCUT2D eigenvalue weighted by molar-refractivity contribution is -0.384. The summed E-state index contributed by atoms with van der Waals surface area (Å²) in [6.45, 7) is 13.8. The molecule has 0 N–H and O–H groups in total. The van der Waals surface area contributed by atoms with E-state index in [1.165, 1.54) is 24.3 Å². The molecule has 0 aliphatic heterocycles. The quantitative estimate of drug-likeness (QED) is 0.174. The third-order valence-electron chi connectivity index (χ3n) is 3.73. The number of benzene rings is 1. The van der Waals surface area contributed by atoms with Gasteiger partial charge < -0.3 is 18.1 Å². The van der Waals surface area contributed by atoms with E-state index in [2.05, 4.69) is 0 Å². The Bertz CT molecular complexity index is 780. The molecule has 9 nitrogen and oxygen atoms in total. The molecule has 1 unspecified atom stereocenters. The normalized spacial score (nSPS) is 14.1. The van der Waals surface area contributed by atoms with Crippen molar-refractivity contribution < 1.29 is 32.1 Å². The molecule has 0 heterocycles. The van der Waals surface area contributed by atoms with Gasteiger partial charge in [-0.2, -0.15) is 0 Å². The Labute approximate surface area is 185 Å². The zero-order chi connectivity index (χ0) is 24.0. The fourth-order valence-electron chi connectivity index (χ4n) is 2.93. The minimum Gasteiger partial charge on any atom is -0.306 e. The topological polar surface area (TPSA) is 114 Å². The van der Waals surface area contributed by atoms with E-state index < -0.39 is 50.2 Å². The van der Waals surface area contributed by atoms with Crippen LogP contribution >= 0.6 is 15.2 Å². The summed E-state index contributed by atoms with van der Waals surface area (Å²) in [6, 6.07) is 5.54. The van der Waals surface area contributed by atoms with Crippen LogP contribution in [0.3, 0.4) is 0 Å². The molecule has 0 amide bonds. The van der Waals surface area contributed by atoms with E-state index in [0.29, 0.717) is 5.56 Å². The first-order chi connectivity index (χ1) is 14.2. The second kappa shape index (κ2) is 11.7. The number of rotatable bonds is 13. The summed E-state index contributed by atoms with van der Waals surface area (Å²) in [6.07, 6.45) is -1.96. The predicted octanol–water partition coefficient (Wildman–Crippen LogP) is 6.72. The van der Waals surface area contributed by atoms with Gasteiger partial charge in [0, 0.05) is 12.1 Å². The Kier molecular flexibility index (Phi) is 10.5. The molecule has 0 saturated heterocycles. The van der Waals surface area contributed by atoms with Gasteiger partial charge in [0.1, 0.15) is 0 Å². The Morgan fingerprint density at radius 1 is 0.774 bits per heavy atom. The van der Waals surface area contributed by atoms with Gasteiger partial charge in [0.2, 0.25) is 0 Å². The molecule has 1 atom stereocenters. The smallest absolute Gasteiger partial charge is 0.306 e. The lowest BCUT2D eigenvalue weighted by Gasteiger charge is -2.33. The molecule has 0 aliphatic rings. The first-order valence-electron chi connectivity index (χ1n) is 10.3. The van der Waals surface area contributed by atoms with E-state index in [1.54, 1.807) is 55.4 Å². The van der Waals surface area contributed by atoms with Crippen molar-refractivity contribution in [2.24, 2.45) is 0 Å². The summed E-state index contributed by atoms with van der Waals surface area (Å²) in [5.41, 5.74) is -0.705. The molecule has 1 aromatic rings. The largest absolute Gasteiger partial charge is 0.339 e. The maximum Gasteiger partial charge on any atom is 0.339 e. The van der Waals surface area contributed by atoms with Crippen molar-refractivity contribution >= 4 is 20.9 Å². The third kappa shape index (κ3) is 9.13. The van der Waals surface area contributed by atoms with E-state index in [0.717, 1.165) is 0 Å². The Balaban J connectivity index is 3.58. The van der Waals surface area contributed by atoms with Gasteiger partial charge in [-0.15, -0.1) is 0 Å². The standard InChI is InChI=1S/C20H35NO8P2/c1-14(2)26-30(24,27-15(3)4)13-20(18-9-11-19(12-10-18)21(22)23)31(25,28-16(5)6)29-17(7)8/h9-12,14-17,20H,13H2,1-8H3. The van der Waals surface area contributed by atoms with Crippen LogP contribution in [0.15, 0.2) is 24.3 Å². The van der Waals surface area contributed by atoms with Gasteiger partial charge in [0.05, 0.1) is 41.2 Å². The predicted molar refractivity (Wildman–Crippen MR) is 121 cm³/mol. The Hall–Kier alpha value is -1.08. The fourth-order valence-corrected chi connectivity index (χ4v) is 8.53. The van der Waals surface area contributed by atoms with Crippen LogP contribution in [-0.4, -0.2) is 35.5 Å². The number of nitrogens with zero attached hydrogens (tertiary/aromatic N) is 1. The highest BCUT2D eigenvalue weighted by Gasteiger charge is 2.45. The molecule has 1 aromatic carbocycles. The summed E-state index contributed by atoms with van der Waals surface area (Å²) in [5.74, 6) is 0. The van der Waals surface area contributed by atoms with Crippen molar-refractivity contribution in [2.45, 2.75) is 85.5 Å². The van der Waals surface area contributed by atoms with Crippen molar-refractivity contribution in [3.05, 3.63) is 39.9 Å². The van der Waals surface area contributed by atoms with E-state index in [-0.39, 0.29) is 11.8 Å².